The van der Waals surface area contributed by atoms with Crippen LogP contribution in [0.2, 0.25) is 5.02 Å². The van der Waals surface area contributed by atoms with E-state index in [1.807, 2.05) is 49.4 Å². The van der Waals surface area contributed by atoms with E-state index in [-0.39, 0.29) is 17.9 Å². The maximum absolute atomic E-state index is 13.2. The molecule has 0 spiro atoms. The quantitative estimate of drug-likeness (QED) is 0.489. The third-order valence-corrected chi connectivity index (χ3v) is 7.00. The van der Waals surface area contributed by atoms with Crippen molar-refractivity contribution in [2.24, 2.45) is 0 Å². The van der Waals surface area contributed by atoms with Crippen LogP contribution in [0.1, 0.15) is 44.6 Å². The Balaban J connectivity index is 1.68. The predicted octanol–water partition coefficient (Wildman–Crippen LogP) is 5.34. The number of thioether (sulfide) groups is 1. The van der Waals surface area contributed by atoms with Crippen molar-refractivity contribution in [1.29, 1.82) is 0 Å². The highest BCUT2D eigenvalue weighted by molar-refractivity contribution is 8.00. The van der Waals surface area contributed by atoms with Crippen LogP contribution in [-0.4, -0.2) is 41.1 Å². The summed E-state index contributed by atoms with van der Waals surface area (Å²) in [4.78, 5) is 29.1. The van der Waals surface area contributed by atoms with Gasteiger partial charge < -0.3 is 10.2 Å². The number of rotatable bonds is 10. The fourth-order valence-corrected chi connectivity index (χ4v) is 4.93. The Hall–Kier alpha value is -1.98. The summed E-state index contributed by atoms with van der Waals surface area (Å²) in [6.45, 7) is 2.51. The lowest BCUT2D eigenvalue weighted by Gasteiger charge is -2.31. The van der Waals surface area contributed by atoms with Crippen LogP contribution in [0, 0.1) is 0 Å². The number of hydrogen-bond donors (Lipinski definition) is 1. The van der Waals surface area contributed by atoms with E-state index in [1.54, 1.807) is 4.90 Å². The van der Waals surface area contributed by atoms with Gasteiger partial charge in [-0.2, -0.15) is 0 Å². The van der Waals surface area contributed by atoms with Crippen LogP contribution in [0.15, 0.2) is 59.5 Å². The van der Waals surface area contributed by atoms with E-state index in [0.29, 0.717) is 23.7 Å². The number of halogens is 1. The van der Waals surface area contributed by atoms with E-state index in [9.17, 15) is 9.59 Å². The molecule has 0 bridgehead atoms. The molecular formula is C25H31ClN2O2S. The highest BCUT2D eigenvalue weighted by Crippen LogP contribution is 2.22. The second-order valence-corrected chi connectivity index (χ2v) is 9.46. The summed E-state index contributed by atoms with van der Waals surface area (Å²) in [5.74, 6) is 0.264. The smallest absolute Gasteiger partial charge is 0.243 e. The third kappa shape index (κ3) is 7.29. The zero-order chi connectivity index (χ0) is 22.1. The van der Waals surface area contributed by atoms with Crippen LogP contribution >= 0.6 is 23.4 Å². The Morgan fingerprint density at radius 3 is 2.42 bits per heavy atom. The maximum atomic E-state index is 13.2. The second kappa shape index (κ2) is 12.2. The lowest BCUT2D eigenvalue weighted by molar-refractivity contribution is -0.139. The molecule has 1 aliphatic rings. The molecule has 1 N–H and O–H groups in total. The number of hydrogen-bond acceptors (Lipinski definition) is 3. The number of carbonyl (C=O) groups is 2. The van der Waals surface area contributed by atoms with Gasteiger partial charge in [0.2, 0.25) is 11.8 Å². The van der Waals surface area contributed by atoms with Crippen LogP contribution in [0.3, 0.4) is 0 Å². The van der Waals surface area contributed by atoms with Crippen molar-refractivity contribution in [3.63, 3.8) is 0 Å². The molecule has 1 aliphatic carbocycles. The van der Waals surface area contributed by atoms with Gasteiger partial charge in [-0.3, -0.25) is 9.59 Å². The highest BCUT2D eigenvalue weighted by atomic mass is 35.5. The van der Waals surface area contributed by atoms with Crippen molar-refractivity contribution in [2.45, 2.75) is 62.4 Å². The average molecular weight is 459 g/mol. The molecule has 0 saturated heterocycles. The molecular weight excluding hydrogens is 428 g/mol. The molecule has 1 atom stereocenters. The van der Waals surface area contributed by atoms with E-state index in [2.05, 4.69) is 17.4 Å². The molecule has 4 nitrogen and oxygen atoms in total. The minimum Gasteiger partial charge on any atom is -0.352 e. The first-order chi connectivity index (χ1) is 15.1. The van der Waals surface area contributed by atoms with E-state index in [1.165, 1.54) is 11.8 Å². The molecule has 2 aromatic rings. The van der Waals surface area contributed by atoms with Crippen LogP contribution < -0.4 is 5.32 Å². The molecule has 0 aliphatic heterocycles. The van der Waals surface area contributed by atoms with Crippen molar-refractivity contribution >= 4 is 35.2 Å². The molecule has 6 heteroatoms. The number of benzene rings is 2. The zero-order valence-electron chi connectivity index (χ0n) is 18.1. The third-order valence-electron chi connectivity index (χ3n) is 5.75. The van der Waals surface area contributed by atoms with Gasteiger partial charge in [-0.05, 0) is 55.5 Å². The molecule has 2 aromatic carbocycles. The standard InChI is InChI=1S/C25H31ClN2O2S/c1-2-23(25(30)27-21-10-6-7-11-21)28(17-16-19-8-4-3-5-9-19)24(29)18-31-22-14-12-20(26)13-15-22/h3-5,8-9,12-15,21,23H,2,6-7,10-11,16-18H2,1H3,(H,27,30). The lowest BCUT2D eigenvalue weighted by atomic mass is 10.1. The van der Waals surface area contributed by atoms with Gasteiger partial charge in [0.15, 0.2) is 0 Å². The van der Waals surface area contributed by atoms with E-state index < -0.39 is 6.04 Å². The Labute approximate surface area is 194 Å². The summed E-state index contributed by atoms with van der Waals surface area (Å²) in [5, 5.41) is 3.86. The largest absolute Gasteiger partial charge is 0.352 e. The number of nitrogens with zero attached hydrogens (tertiary/aromatic N) is 1. The Bertz CT molecular complexity index is 838. The van der Waals surface area contributed by atoms with Gasteiger partial charge in [-0.15, -0.1) is 11.8 Å². The molecule has 2 amide bonds. The number of nitrogens with one attached hydrogen (secondary N) is 1. The summed E-state index contributed by atoms with van der Waals surface area (Å²) >= 11 is 7.44. The van der Waals surface area contributed by atoms with Gasteiger partial charge >= 0.3 is 0 Å². The molecule has 166 valence electrons. The van der Waals surface area contributed by atoms with Crippen molar-refractivity contribution in [3.05, 3.63) is 65.2 Å². The second-order valence-electron chi connectivity index (χ2n) is 7.98. The topological polar surface area (TPSA) is 49.4 Å². The van der Waals surface area contributed by atoms with Gasteiger partial charge in [0.1, 0.15) is 6.04 Å². The summed E-state index contributed by atoms with van der Waals surface area (Å²) in [6.07, 6.45) is 5.72. The summed E-state index contributed by atoms with van der Waals surface area (Å²) < 4.78 is 0. The monoisotopic (exact) mass is 458 g/mol. The van der Waals surface area contributed by atoms with E-state index >= 15 is 0 Å². The van der Waals surface area contributed by atoms with Gasteiger partial charge in [-0.25, -0.2) is 0 Å². The first-order valence-electron chi connectivity index (χ1n) is 11.1. The first kappa shape index (κ1) is 23.7. The minimum absolute atomic E-state index is 0.00990. The van der Waals surface area contributed by atoms with Crippen LogP contribution in [0.5, 0.6) is 0 Å². The van der Waals surface area contributed by atoms with Gasteiger partial charge in [-0.1, -0.05) is 61.7 Å². The maximum Gasteiger partial charge on any atom is 0.243 e. The average Bonchev–Trinajstić information content (AvgIpc) is 3.29. The number of carbonyl (C=O) groups excluding carboxylic acids is 2. The minimum atomic E-state index is -0.442. The molecule has 0 heterocycles. The van der Waals surface area contributed by atoms with E-state index in [0.717, 1.165) is 42.6 Å². The summed E-state index contributed by atoms with van der Waals surface area (Å²) in [6, 6.07) is 17.4. The van der Waals surface area contributed by atoms with Crippen molar-refractivity contribution < 1.29 is 9.59 Å². The molecule has 1 saturated carbocycles. The van der Waals surface area contributed by atoms with Crippen molar-refractivity contribution in [3.8, 4) is 0 Å². The SMILES string of the molecule is CCC(C(=O)NC1CCCC1)N(CCc1ccccc1)C(=O)CSc1ccc(Cl)cc1. The Morgan fingerprint density at radius 2 is 1.77 bits per heavy atom. The Kier molecular flexibility index (Phi) is 9.29. The molecule has 1 unspecified atom stereocenters. The molecule has 0 radical (unpaired) electrons. The van der Waals surface area contributed by atoms with Crippen LogP contribution in [-0.2, 0) is 16.0 Å². The van der Waals surface area contributed by atoms with Crippen LogP contribution in [0.25, 0.3) is 0 Å². The van der Waals surface area contributed by atoms with E-state index in [4.69, 9.17) is 11.6 Å². The molecule has 3 rings (SSSR count). The van der Waals surface area contributed by atoms with Crippen molar-refractivity contribution in [1.82, 2.24) is 10.2 Å². The fraction of sp³-hybridized carbons (Fsp3) is 0.440. The summed E-state index contributed by atoms with van der Waals surface area (Å²) in [7, 11) is 0. The first-order valence-corrected chi connectivity index (χ1v) is 12.4. The van der Waals surface area contributed by atoms with Gasteiger partial charge in [0.05, 0.1) is 5.75 Å². The fourth-order valence-electron chi connectivity index (χ4n) is 4.02. The van der Waals surface area contributed by atoms with Gasteiger partial charge in [0, 0.05) is 22.5 Å². The molecule has 31 heavy (non-hydrogen) atoms. The number of amides is 2. The zero-order valence-corrected chi connectivity index (χ0v) is 19.6. The van der Waals surface area contributed by atoms with Crippen LogP contribution in [0.4, 0.5) is 0 Å². The lowest BCUT2D eigenvalue weighted by Crippen LogP contribution is -2.52. The highest BCUT2D eigenvalue weighted by Gasteiger charge is 2.30. The molecule has 0 aromatic heterocycles. The predicted molar refractivity (Wildman–Crippen MR) is 129 cm³/mol. The van der Waals surface area contributed by atoms with Gasteiger partial charge in [0.25, 0.3) is 0 Å². The normalized spacial score (nSPS) is 14.9. The Morgan fingerprint density at radius 1 is 1.10 bits per heavy atom. The summed E-state index contributed by atoms with van der Waals surface area (Å²) in [5.41, 5.74) is 1.16. The van der Waals surface area contributed by atoms with Crippen molar-refractivity contribution in [2.75, 3.05) is 12.3 Å². The molecule has 1 fully saturated rings.